The molecule has 1 rings (SSSR count). The number of nitrogens with zero attached hydrogens (tertiary/aromatic N) is 2. The first kappa shape index (κ1) is 25.1. The number of benzene rings is 1. The molecule has 0 aliphatic rings. The minimum Gasteiger partial charge on any atom is -0.382 e. The molecule has 0 radical (unpaired) electrons. The maximum absolute atomic E-state index is 5.44. The molecule has 0 aromatic heterocycles. The van der Waals surface area contributed by atoms with Crippen LogP contribution in [0.25, 0.3) is 0 Å². The van der Waals surface area contributed by atoms with Crippen LogP contribution in [-0.4, -0.2) is 65.0 Å². The molecule has 0 unspecified atom stereocenters. The molecule has 0 saturated carbocycles. The SMILES string of the molecule is CCN(C)Cc1cccc(CNC(=NC)NCCCOCCOC)c1.I. The fourth-order valence-electron chi connectivity index (χ4n) is 2.29. The fraction of sp³-hybridized carbons (Fsp3) is 0.632. The van der Waals surface area contributed by atoms with Gasteiger partial charge in [0.1, 0.15) is 0 Å². The van der Waals surface area contributed by atoms with Crippen LogP contribution < -0.4 is 10.6 Å². The first-order valence-corrected chi connectivity index (χ1v) is 8.97. The minimum atomic E-state index is 0. The van der Waals surface area contributed by atoms with E-state index in [4.69, 9.17) is 9.47 Å². The van der Waals surface area contributed by atoms with Gasteiger partial charge < -0.3 is 25.0 Å². The largest absolute Gasteiger partial charge is 0.382 e. The zero-order valence-corrected chi connectivity index (χ0v) is 18.9. The minimum absolute atomic E-state index is 0. The maximum Gasteiger partial charge on any atom is 0.191 e. The molecule has 26 heavy (non-hydrogen) atoms. The van der Waals surface area contributed by atoms with E-state index in [1.54, 1.807) is 14.2 Å². The summed E-state index contributed by atoms with van der Waals surface area (Å²) in [6, 6.07) is 8.67. The predicted molar refractivity (Wildman–Crippen MR) is 119 cm³/mol. The van der Waals surface area contributed by atoms with Gasteiger partial charge in [0.25, 0.3) is 0 Å². The molecule has 0 aliphatic carbocycles. The van der Waals surface area contributed by atoms with Gasteiger partial charge in [-0.05, 0) is 31.1 Å². The topological polar surface area (TPSA) is 58.1 Å². The van der Waals surface area contributed by atoms with Crippen molar-refractivity contribution >= 4 is 29.9 Å². The smallest absolute Gasteiger partial charge is 0.191 e. The van der Waals surface area contributed by atoms with Crippen LogP contribution >= 0.6 is 24.0 Å². The van der Waals surface area contributed by atoms with E-state index < -0.39 is 0 Å². The van der Waals surface area contributed by atoms with E-state index in [0.717, 1.165) is 45.2 Å². The van der Waals surface area contributed by atoms with E-state index in [-0.39, 0.29) is 24.0 Å². The molecular formula is C19H35IN4O2. The molecule has 0 spiro atoms. The molecule has 150 valence electrons. The number of rotatable bonds is 12. The van der Waals surface area contributed by atoms with Crippen molar-refractivity contribution < 1.29 is 9.47 Å². The lowest BCUT2D eigenvalue weighted by atomic mass is 10.1. The van der Waals surface area contributed by atoms with Crippen molar-refractivity contribution in [3.63, 3.8) is 0 Å². The third-order valence-electron chi connectivity index (χ3n) is 3.86. The van der Waals surface area contributed by atoms with Crippen molar-refractivity contribution in [2.75, 3.05) is 54.1 Å². The number of nitrogens with one attached hydrogen (secondary N) is 2. The average Bonchev–Trinajstić information content (AvgIpc) is 2.63. The molecule has 0 amide bonds. The van der Waals surface area contributed by atoms with E-state index >= 15 is 0 Å². The third-order valence-corrected chi connectivity index (χ3v) is 3.86. The molecule has 0 heterocycles. The summed E-state index contributed by atoms with van der Waals surface area (Å²) in [4.78, 5) is 6.55. The Bertz CT molecular complexity index is 500. The number of guanidine groups is 1. The van der Waals surface area contributed by atoms with Gasteiger partial charge in [-0.15, -0.1) is 24.0 Å². The number of halogens is 1. The van der Waals surface area contributed by atoms with Crippen LogP contribution in [0.2, 0.25) is 0 Å². The molecule has 0 bridgehead atoms. The lowest BCUT2D eigenvalue weighted by Crippen LogP contribution is -2.37. The lowest BCUT2D eigenvalue weighted by molar-refractivity contribution is 0.0698. The molecule has 0 atom stereocenters. The van der Waals surface area contributed by atoms with Crippen LogP contribution in [0.4, 0.5) is 0 Å². The van der Waals surface area contributed by atoms with Gasteiger partial charge in [0.15, 0.2) is 5.96 Å². The Morgan fingerprint density at radius 3 is 2.62 bits per heavy atom. The summed E-state index contributed by atoms with van der Waals surface area (Å²) in [7, 11) is 5.60. The zero-order valence-electron chi connectivity index (χ0n) is 16.6. The monoisotopic (exact) mass is 478 g/mol. The second-order valence-electron chi connectivity index (χ2n) is 5.96. The summed E-state index contributed by atoms with van der Waals surface area (Å²) in [6.45, 7) is 7.79. The summed E-state index contributed by atoms with van der Waals surface area (Å²) < 4.78 is 10.4. The second-order valence-corrected chi connectivity index (χ2v) is 5.96. The maximum atomic E-state index is 5.44. The van der Waals surface area contributed by atoms with Gasteiger partial charge in [-0.25, -0.2) is 0 Å². The Labute approximate surface area is 175 Å². The molecule has 7 heteroatoms. The summed E-state index contributed by atoms with van der Waals surface area (Å²) >= 11 is 0. The number of methoxy groups -OCH3 is 1. The number of hydrogen-bond acceptors (Lipinski definition) is 4. The molecule has 0 aliphatic heterocycles. The molecule has 0 fully saturated rings. The van der Waals surface area contributed by atoms with E-state index in [1.165, 1.54) is 11.1 Å². The normalized spacial score (nSPS) is 11.3. The highest BCUT2D eigenvalue weighted by Crippen LogP contribution is 2.07. The first-order valence-electron chi connectivity index (χ1n) is 8.97. The van der Waals surface area contributed by atoms with Crippen LogP contribution in [0.1, 0.15) is 24.5 Å². The van der Waals surface area contributed by atoms with Crippen molar-refractivity contribution in [3.05, 3.63) is 35.4 Å². The van der Waals surface area contributed by atoms with Gasteiger partial charge in [0, 0.05) is 40.4 Å². The van der Waals surface area contributed by atoms with Gasteiger partial charge in [0.2, 0.25) is 0 Å². The Morgan fingerprint density at radius 2 is 1.92 bits per heavy atom. The van der Waals surface area contributed by atoms with Crippen molar-refractivity contribution in [1.82, 2.24) is 15.5 Å². The highest BCUT2D eigenvalue weighted by Gasteiger charge is 2.01. The van der Waals surface area contributed by atoms with E-state index in [2.05, 4.69) is 58.8 Å². The van der Waals surface area contributed by atoms with Crippen LogP contribution in [-0.2, 0) is 22.6 Å². The second kappa shape index (κ2) is 16.3. The molecule has 2 N–H and O–H groups in total. The molecular weight excluding hydrogens is 443 g/mol. The van der Waals surface area contributed by atoms with Crippen molar-refractivity contribution in [1.29, 1.82) is 0 Å². The Kier molecular flexibility index (Phi) is 15.7. The number of hydrogen-bond donors (Lipinski definition) is 2. The first-order chi connectivity index (χ1) is 12.2. The van der Waals surface area contributed by atoms with Crippen LogP contribution in [0.3, 0.4) is 0 Å². The quantitative estimate of drug-likeness (QED) is 0.209. The Hall–Kier alpha value is -0.900. The van der Waals surface area contributed by atoms with Crippen LogP contribution in [0.5, 0.6) is 0 Å². The summed E-state index contributed by atoms with van der Waals surface area (Å²) in [6.07, 6.45) is 0.934. The van der Waals surface area contributed by atoms with Gasteiger partial charge in [-0.2, -0.15) is 0 Å². The zero-order chi connectivity index (χ0) is 18.3. The fourth-order valence-corrected chi connectivity index (χ4v) is 2.29. The summed E-state index contributed by atoms with van der Waals surface area (Å²) in [5.74, 6) is 0.813. The van der Waals surface area contributed by atoms with Gasteiger partial charge >= 0.3 is 0 Å². The van der Waals surface area contributed by atoms with Gasteiger partial charge in [-0.3, -0.25) is 4.99 Å². The number of aliphatic imine (C=N–C) groups is 1. The third kappa shape index (κ3) is 11.7. The van der Waals surface area contributed by atoms with Crippen molar-refractivity contribution in [3.8, 4) is 0 Å². The van der Waals surface area contributed by atoms with E-state index in [0.29, 0.717) is 13.2 Å². The van der Waals surface area contributed by atoms with Gasteiger partial charge in [-0.1, -0.05) is 31.2 Å². The lowest BCUT2D eigenvalue weighted by Gasteiger charge is -2.15. The summed E-state index contributed by atoms with van der Waals surface area (Å²) in [5.41, 5.74) is 2.59. The molecule has 0 saturated heterocycles. The standard InChI is InChI=1S/C19H34N4O2.HI/c1-5-23(3)16-18-9-6-8-17(14-18)15-22-19(20-2)21-10-7-11-25-13-12-24-4;/h6,8-9,14H,5,7,10-13,15-16H2,1-4H3,(H2,20,21,22);1H. The van der Waals surface area contributed by atoms with E-state index in [9.17, 15) is 0 Å². The van der Waals surface area contributed by atoms with Gasteiger partial charge in [0.05, 0.1) is 13.2 Å². The highest BCUT2D eigenvalue weighted by molar-refractivity contribution is 14.0. The van der Waals surface area contributed by atoms with E-state index in [1.807, 2.05) is 0 Å². The molecule has 1 aromatic rings. The van der Waals surface area contributed by atoms with Crippen molar-refractivity contribution in [2.24, 2.45) is 4.99 Å². The highest BCUT2D eigenvalue weighted by atomic mass is 127. The van der Waals surface area contributed by atoms with Crippen LogP contribution in [0, 0.1) is 0 Å². The Balaban J connectivity index is 0.00000625. The van der Waals surface area contributed by atoms with Crippen LogP contribution in [0.15, 0.2) is 29.3 Å². The number of ether oxygens (including phenoxy) is 2. The molecule has 6 nitrogen and oxygen atoms in total. The average molecular weight is 478 g/mol. The molecule has 1 aromatic carbocycles. The predicted octanol–water partition coefficient (Wildman–Crippen LogP) is 2.47. The Morgan fingerprint density at radius 1 is 1.15 bits per heavy atom. The summed E-state index contributed by atoms with van der Waals surface area (Å²) in [5, 5.41) is 6.66. The van der Waals surface area contributed by atoms with Crippen molar-refractivity contribution in [2.45, 2.75) is 26.4 Å².